The molecule has 0 spiro atoms. The minimum absolute atomic E-state index is 0.0533. The number of nitrogens with zero attached hydrogens (tertiary/aromatic N) is 4. The first-order valence-electron chi connectivity index (χ1n) is 21.5. The van der Waals surface area contributed by atoms with Crippen molar-refractivity contribution < 1.29 is 36.7 Å². The Morgan fingerprint density at radius 2 is 1.75 bits per heavy atom. The van der Waals surface area contributed by atoms with Gasteiger partial charge in [-0.3, -0.25) is 19.8 Å². The second kappa shape index (κ2) is 17.7. The fourth-order valence-corrected chi connectivity index (χ4v) is 9.89. The van der Waals surface area contributed by atoms with E-state index in [1.54, 1.807) is 24.4 Å². The molecule has 1 atom stereocenters. The Bertz CT molecular complexity index is 2810. The molecule has 14 nitrogen and oxygen atoms in total. The van der Waals surface area contributed by atoms with Gasteiger partial charge in [0.1, 0.15) is 29.4 Å². The maximum absolute atomic E-state index is 15.7. The van der Waals surface area contributed by atoms with Gasteiger partial charge >= 0.3 is 5.69 Å². The summed E-state index contributed by atoms with van der Waals surface area (Å²) >= 11 is 0. The van der Waals surface area contributed by atoms with Gasteiger partial charge in [0.2, 0.25) is 0 Å². The number of aromatic nitrogens is 2. The first-order chi connectivity index (χ1) is 30.8. The molecule has 2 aromatic heterocycles. The number of nitrogens with one attached hydrogen (secondary N) is 2. The van der Waals surface area contributed by atoms with Gasteiger partial charge in [-0.1, -0.05) is 56.3 Å². The van der Waals surface area contributed by atoms with E-state index in [4.69, 9.17) is 14.2 Å². The maximum atomic E-state index is 15.7. The molecule has 3 aliphatic rings. The highest BCUT2D eigenvalue weighted by molar-refractivity contribution is 7.90. The summed E-state index contributed by atoms with van der Waals surface area (Å²) < 4.78 is 62.4. The number of alkyl halides is 1. The van der Waals surface area contributed by atoms with Gasteiger partial charge in [-0.25, -0.2) is 22.5 Å². The average Bonchev–Trinajstić information content (AvgIpc) is 3.96. The third kappa shape index (κ3) is 8.90. The van der Waals surface area contributed by atoms with Crippen LogP contribution in [0, 0.1) is 10.1 Å². The number of carbonyl (C=O) groups is 1. The molecule has 64 heavy (non-hydrogen) atoms. The summed E-state index contributed by atoms with van der Waals surface area (Å²) in [6, 6.07) is 28.8. The zero-order valence-electron chi connectivity index (χ0n) is 35.5. The fourth-order valence-electron chi connectivity index (χ4n) is 8.90. The number of halogens is 1. The van der Waals surface area contributed by atoms with Crippen molar-refractivity contribution in [1.29, 1.82) is 0 Å². The highest BCUT2D eigenvalue weighted by Gasteiger charge is 2.39. The highest BCUT2D eigenvalue weighted by atomic mass is 32.2. The molecule has 2 N–H and O–H groups in total. The lowest BCUT2D eigenvalue weighted by atomic mass is 9.91. The van der Waals surface area contributed by atoms with E-state index in [0.29, 0.717) is 49.2 Å². The molecule has 5 heterocycles. The highest BCUT2D eigenvalue weighted by Crippen LogP contribution is 2.41. The van der Waals surface area contributed by atoms with Gasteiger partial charge in [0.15, 0.2) is 5.75 Å². The first kappa shape index (κ1) is 42.9. The second-order valence-electron chi connectivity index (χ2n) is 17.1. The minimum Gasteiger partial charge on any atom is -0.483 e. The number of sulfonamides is 1. The van der Waals surface area contributed by atoms with Crippen LogP contribution < -0.4 is 19.1 Å². The smallest absolute Gasteiger partial charge is 0.312 e. The van der Waals surface area contributed by atoms with E-state index in [2.05, 4.69) is 74.7 Å². The van der Waals surface area contributed by atoms with Gasteiger partial charge in [0, 0.05) is 43.0 Å². The standard InChI is InChI=1S/C48H49FN6O8S/c1-31(2)39-6-3-4-7-40(39)42-8-5-21-54(42)35-12-9-32(10-13-35)33-11-15-41(45(25-33)63-37-24-34-17-20-50-46(34)51-27-37)47(56)52-64(59,60)38-14-16-44(43(26-38)55(57)58)62-30-48(49)18-22-53(23-19-48)36-28-61-29-36/h3-4,6-7,9-17,20,24-27,31,36,42H,5,8,18-19,21-23,28-30H2,1-2H3,(H,50,51)(H,52,56)/t42-/m0/s1. The average molecular weight is 889 g/mol. The number of likely N-dealkylation sites (tertiary alicyclic amines) is 1. The summed E-state index contributed by atoms with van der Waals surface area (Å²) in [5.74, 6) is -0.557. The number of H-pyrrole nitrogens is 1. The number of carbonyl (C=O) groups excluding carboxylic acids is 1. The van der Waals surface area contributed by atoms with Crippen LogP contribution in [-0.2, 0) is 14.8 Å². The van der Waals surface area contributed by atoms with E-state index in [-0.39, 0.29) is 42.0 Å². The Kier molecular flexibility index (Phi) is 11.8. The zero-order chi connectivity index (χ0) is 44.6. The van der Waals surface area contributed by atoms with E-state index >= 15 is 4.39 Å². The van der Waals surface area contributed by atoms with Crippen molar-refractivity contribution in [3.63, 3.8) is 0 Å². The van der Waals surface area contributed by atoms with E-state index in [0.717, 1.165) is 54.2 Å². The van der Waals surface area contributed by atoms with E-state index in [1.807, 2.05) is 18.2 Å². The molecule has 0 unspecified atom stereocenters. The van der Waals surface area contributed by atoms with Crippen LogP contribution in [0.5, 0.6) is 17.2 Å². The van der Waals surface area contributed by atoms with Crippen LogP contribution in [0.15, 0.2) is 114 Å². The van der Waals surface area contributed by atoms with Crippen LogP contribution in [-0.4, -0.2) is 85.3 Å². The fraction of sp³-hybridized carbons (Fsp3) is 0.333. The number of nitro groups is 1. The lowest BCUT2D eigenvalue weighted by molar-refractivity contribution is -0.386. The Balaban J connectivity index is 0.950. The molecule has 3 saturated heterocycles. The number of ether oxygens (including phenoxy) is 3. The van der Waals surface area contributed by atoms with Crippen LogP contribution in [0.1, 0.15) is 73.0 Å². The quantitative estimate of drug-likeness (QED) is 0.0790. The Hall–Kier alpha value is -6.36. The first-order valence-corrected chi connectivity index (χ1v) is 23.0. The number of fused-ring (bicyclic) bond motifs is 1. The molecular weight excluding hydrogens is 840 g/mol. The Labute approximate surface area is 370 Å². The SMILES string of the molecule is CC(C)c1ccccc1[C@@H]1CCCN1c1ccc(-c2ccc(C(=O)NS(=O)(=O)c3ccc(OCC4(F)CCN(C5COC5)CC4)c([N+](=O)[O-])c3)c(Oc3cnc4[nH]ccc4c3)c2)cc1. The van der Waals surface area contributed by atoms with Crippen LogP contribution in [0.2, 0.25) is 0 Å². The molecule has 332 valence electrons. The number of hydrogen-bond donors (Lipinski definition) is 2. The van der Waals surface area contributed by atoms with E-state index in [1.165, 1.54) is 23.4 Å². The van der Waals surface area contributed by atoms with Crippen molar-refractivity contribution in [1.82, 2.24) is 19.6 Å². The number of nitro benzene ring substituents is 1. The number of piperidine rings is 1. The minimum atomic E-state index is -4.68. The number of rotatable bonds is 14. The Morgan fingerprint density at radius 3 is 2.48 bits per heavy atom. The predicted molar refractivity (Wildman–Crippen MR) is 240 cm³/mol. The van der Waals surface area contributed by atoms with Crippen molar-refractivity contribution in [2.24, 2.45) is 0 Å². The zero-order valence-corrected chi connectivity index (χ0v) is 36.4. The summed E-state index contributed by atoms with van der Waals surface area (Å²) in [4.78, 5) is 36.8. The molecule has 9 rings (SSSR count). The number of pyridine rings is 1. The van der Waals surface area contributed by atoms with Gasteiger partial charge in [-0.15, -0.1) is 0 Å². The molecule has 0 radical (unpaired) electrons. The van der Waals surface area contributed by atoms with Crippen LogP contribution in [0.25, 0.3) is 22.2 Å². The molecule has 0 aliphatic carbocycles. The lowest BCUT2D eigenvalue weighted by Gasteiger charge is -2.43. The summed E-state index contributed by atoms with van der Waals surface area (Å²) in [7, 11) is -4.68. The Morgan fingerprint density at radius 1 is 0.984 bits per heavy atom. The van der Waals surface area contributed by atoms with Crippen molar-refractivity contribution in [3.8, 4) is 28.4 Å². The molecule has 1 amide bonds. The summed E-state index contributed by atoms with van der Waals surface area (Å²) in [6.45, 7) is 7.18. The summed E-state index contributed by atoms with van der Waals surface area (Å²) in [5, 5.41) is 12.9. The molecule has 0 saturated carbocycles. The summed E-state index contributed by atoms with van der Waals surface area (Å²) in [5.41, 5.74) is 3.47. The maximum Gasteiger partial charge on any atom is 0.312 e. The predicted octanol–water partition coefficient (Wildman–Crippen LogP) is 9.10. The van der Waals surface area contributed by atoms with Crippen LogP contribution in [0.3, 0.4) is 0 Å². The number of benzene rings is 4. The molecule has 0 bridgehead atoms. The van der Waals surface area contributed by atoms with Crippen LogP contribution in [0.4, 0.5) is 15.8 Å². The third-order valence-corrected chi connectivity index (χ3v) is 13.9. The molecule has 16 heteroatoms. The monoisotopic (exact) mass is 888 g/mol. The van der Waals surface area contributed by atoms with Gasteiger partial charge in [-0.05, 0) is 102 Å². The topological polar surface area (TPSA) is 169 Å². The van der Waals surface area contributed by atoms with Gasteiger partial charge in [0.05, 0.1) is 46.9 Å². The lowest BCUT2D eigenvalue weighted by Crippen LogP contribution is -2.55. The van der Waals surface area contributed by atoms with Crippen molar-refractivity contribution in [2.45, 2.75) is 68.1 Å². The molecule has 3 fully saturated rings. The van der Waals surface area contributed by atoms with Gasteiger partial charge in [0.25, 0.3) is 15.9 Å². The summed E-state index contributed by atoms with van der Waals surface area (Å²) in [6.07, 6.45) is 5.72. The molecule has 6 aromatic rings. The van der Waals surface area contributed by atoms with E-state index in [9.17, 15) is 23.3 Å². The second-order valence-corrected chi connectivity index (χ2v) is 18.8. The van der Waals surface area contributed by atoms with Crippen molar-refractivity contribution in [3.05, 3.63) is 136 Å². The van der Waals surface area contributed by atoms with Gasteiger partial charge in [-0.2, -0.15) is 0 Å². The number of anilines is 1. The normalized spacial score (nSPS) is 17.9. The number of amides is 1. The van der Waals surface area contributed by atoms with Crippen molar-refractivity contribution >= 4 is 38.3 Å². The molecule has 4 aromatic carbocycles. The van der Waals surface area contributed by atoms with E-state index < -0.39 is 43.7 Å². The largest absolute Gasteiger partial charge is 0.483 e. The molecular formula is C48H49FN6O8S. The third-order valence-electron chi connectivity index (χ3n) is 12.6. The van der Waals surface area contributed by atoms with Crippen LogP contribution >= 0.6 is 0 Å². The number of hydrogen-bond acceptors (Lipinski definition) is 11. The van der Waals surface area contributed by atoms with Gasteiger partial charge < -0.3 is 24.1 Å². The molecule has 3 aliphatic heterocycles. The number of aromatic amines is 1. The van der Waals surface area contributed by atoms with Crippen molar-refractivity contribution in [2.75, 3.05) is 44.4 Å².